The molecule has 10 heteroatoms. The maximum atomic E-state index is 5.91. The minimum absolute atomic E-state index is 0.00592. The number of ether oxygens (including phenoxy) is 1. The Morgan fingerprint density at radius 3 is 2.67 bits per heavy atom. The standard InChI is InChI=1S/C11H7Cl2N7O/c12-7-2-1-6(3-8(7)13)21-11-18-9(14)17-10(19-11)20-5-15-4-16-20/h1-5H,(H2,14,17,18,19). The second-order valence-electron chi connectivity index (χ2n) is 3.79. The van der Waals surface area contributed by atoms with E-state index in [1.807, 2.05) is 0 Å². The molecule has 2 aromatic heterocycles. The van der Waals surface area contributed by atoms with E-state index in [1.54, 1.807) is 18.2 Å². The van der Waals surface area contributed by atoms with Crippen LogP contribution in [0.5, 0.6) is 11.8 Å². The zero-order chi connectivity index (χ0) is 14.8. The van der Waals surface area contributed by atoms with Gasteiger partial charge in [-0.05, 0) is 12.1 Å². The highest BCUT2D eigenvalue weighted by molar-refractivity contribution is 6.42. The summed E-state index contributed by atoms with van der Waals surface area (Å²) in [5.41, 5.74) is 5.62. The lowest BCUT2D eigenvalue weighted by Gasteiger charge is -2.06. The van der Waals surface area contributed by atoms with Crippen molar-refractivity contribution in [1.29, 1.82) is 0 Å². The molecule has 0 aliphatic carbocycles. The average Bonchev–Trinajstić information content (AvgIpc) is 2.96. The van der Waals surface area contributed by atoms with Gasteiger partial charge in [-0.2, -0.15) is 24.7 Å². The van der Waals surface area contributed by atoms with Gasteiger partial charge in [-0.1, -0.05) is 23.2 Å². The summed E-state index contributed by atoms with van der Waals surface area (Å²) in [6.07, 6.45) is 2.77. The Hall–Kier alpha value is -2.45. The highest BCUT2D eigenvalue weighted by Gasteiger charge is 2.10. The van der Waals surface area contributed by atoms with E-state index in [0.29, 0.717) is 15.8 Å². The van der Waals surface area contributed by atoms with Crippen LogP contribution in [0.25, 0.3) is 5.95 Å². The van der Waals surface area contributed by atoms with E-state index in [-0.39, 0.29) is 17.9 Å². The van der Waals surface area contributed by atoms with E-state index < -0.39 is 0 Å². The molecule has 0 saturated heterocycles. The molecule has 3 aromatic rings. The Bertz CT molecular complexity index is 778. The molecule has 3 rings (SSSR count). The van der Waals surface area contributed by atoms with Gasteiger partial charge in [-0.15, -0.1) is 0 Å². The number of rotatable bonds is 3. The first-order valence-electron chi connectivity index (χ1n) is 5.61. The van der Waals surface area contributed by atoms with Gasteiger partial charge in [0.2, 0.25) is 5.95 Å². The second-order valence-corrected chi connectivity index (χ2v) is 4.61. The van der Waals surface area contributed by atoms with Crippen molar-refractivity contribution in [1.82, 2.24) is 29.7 Å². The molecular weight excluding hydrogens is 317 g/mol. The highest BCUT2D eigenvalue weighted by Crippen LogP contribution is 2.28. The largest absolute Gasteiger partial charge is 0.424 e. The molecular formula is C11H7Cl2N7O. The summed E-state index contributed by atoms with van der Waals surface area (Å²) in [5, 5.41) is 4.68. The van der Waals surface area contributed by atoms with Crippen LogP contribution in [0.15, 0.2) is 30.9 Å². The Balaban J connectivity index is 1.93. The molecule has 0 amide bonds. The molecule has 0 radical (unpaired) electrons. The third-order valence-electron chi connectivity index (χ3n) is 2.34. The molecule has 2 heterocycles. The zero-order valence-electron chi connectivity index (χ0n) is 10.3. The fourth-order valence-corrected chi connectivity index (χ4v) is 1.75. The van der Waals surface area contributed by atoms with Gasteiger partial charge in [0, 0.05) is 6.07 Å². The van der Waals surface area contributed by atoms with Crippen molar-refractivity contribution < 1.29 is 4.74 Å². The summed E-state index contributed by atoms with van der Waals surface area (Å²) in [6.45, 7) is 0. The summed E-state index contributed by atoms with van der Waals surface area (Å²) < 4.78 is 6.82. The predicted molar refractivity (Wildman–Crippen MR) is 75.7 cm³/mol. The first-order chi connectivity index (χ1) is 10.1. The number of nitrogens with zero attached hydrogens (tertiary/aromatic N) is 6. The van der Waals surface area contributed by atoms with Gasteiger partial charge in [0.25, 0.3) is 5.95 Å². The van der Waals surface area contributed by atoms with Gasteiger partial charge in [-0.3, -0.25) is 0 Å². The molecule has 0 fully saturated rings. The third kappa shape index (κ3) is 3.01. The van der Waals surface area contributed by atoms with Crippen molar-refractivity contribution in [2.24, 2.45) is 0 Å². The van der Waals surface area contributed by atoms with E-state index in [9.17, 15) is 0 Å². The molecule has 0 atom stereocenters. The molecule has 0 aliphatic rings. The highest BCUT2D eigenvalue weighted by atomic mass is 35.5. The van der Waals surface area contributed by atoms with Crippen molar-refractivity contribution in [2.45, 2.75) is 0 Å². The summed E-state index contributed by atoms with van der Waals surface area (Å²) in [4.78, 5) is 15.7. The molecule has 0 aliphatic heterocycles. The van der Waals surface area contributed by atoms with Crippen LogP contribution in [0.1, 0.15) is 0 Å². The number of benzene rings is 1. The number of anilines is 1. The molecule has 0 unspecified atom stereocenters. The lowest BCUT2D eigenvalue weighted by Crippen LogP contribution is -2.07. The topological polar surface area (TPSA) is 105 Å². The third-order valence-corrected chi connectivity index (χ3v) is 3.08. The fraction of sp³-hybridized carbons (Fsp3) is 0. The minimum Gasteiger partial charge on any atom is -0.424 e. The zero-order valence-corrected chi connectivity index (χ0v) is 11.8. The van der Waals surface area contributed by atoms with Gasteiger partial charge < -0.3 is 10.5 Å². The molecule has 2 N–H and O–H groups in total. The molecule has 0 bridgehead atoms. The summed E-state index contributed by atoms with van der Waals surface area (Å²) in [6, 6.07) is 4.77. The first-order valence-corrected chi connectivity index (χ1v) is 6.37. The van der Waals surface area contributed by atoms with Gasteiger partial charge in [0.05, 0.1) is 10.0 Å². The number of hydrogen-bond acceptors (Lipinski definition) is 7. The maximum Gasteiger partial charge on any atom is 0.328 e. The number of hydrogen-bond donors (Lipinski definition) is 1. The SMILES string of the molecule is Nc1nc(Oc2ccc(Cl)c(Cl)c2)nc(-n2cncn2)n1. The Morgan fingerprint density at radius 1 is 1.10 bits per heavy atom. The quantitative estimate of drug-likeness (QED) is 0.787. The minimum atomic E-state index is -0.00874. The van der Waals surface area contributed by atoms with Crippen LogP contribution in [0.4, 0.5) is 5.95 Å². The van der Waals surface area contributed by atoms with Gasteiger partial charge >= 0.3 is 6.01 Å². The summed E-state index contributed by atoms with van der Waals surface area (Å²) >= 11 is 11.7. The van der Waals surface area contributed by atoms with Crippen LogP contribution in [0.3, 0.4) is 0 Å². The van der Waals surface area contributed by atoms with Crippen LogP contribution < -0.4 is 10.5 Å². The van der Waals surface area contributed by atoms with Gasteiger partial charge in [0.1, 0.15) is 18.4 Å². The second kappa shape index (κ2) is 5.51. The Morgan fingerprint density at radius 2 is 1.95 bits per heavy atom. The number of aromatic nitrogens is 6. The summed E-state index contributed by atoms with van der Waals surface area (Å²) in [5.74, 6) is 0.597. The molecule has 106 valence electrons. The Labute approximate surface area is 128 Å². The van der Waals surface area contributed by atoms with Crippen molar-refractivity contribution >= 4 is 29.2 Å². The van der Waals surface area contributed by atoms with E-state index in [1.165, 1.54) is 17.3 Å². The van der Waals surface area contributed by atoms with Crippen molar-refractivity contribution in [3.05, 3.63) is 40.9 Å². The lowest BCUT2D eigenvalue weighted by atomic mass is 10.3. The van der Waals surface area contributed by atoms with Crippen LogP contribution in [0, 0.1) is 0 Å². The van der Waals surface area contributed by atoms with Gasteiger partial charge in [0.15, 0.2) is 0 Å². The fourth-order valence-electron chi connectivity index (χ4n) is 1.47. The van der Waals surface area contributed by atoms with E-state index in [0.717, 1.165) is 0 Å². The molecule has 0 spiro atoms. The van der Waals surface area contributed by atoms with E-state index >= 15 is 0 Å². The first kappa shape index (κ1) is 13.5. The number of halogens is 2. The van der Waals surface area contributed by atoms with Crippen molar-refractivity contribution in [3.8, 4) is 17.7 Å². The van der Waals surface area contributed by atoms with Crippen LogP contribution in [-0.4, -0.2) is 29.7 Å². The van der Waals surface area contributed by atoms with Crippen molar-refractivity contribution in [3.63, 3.8) is 0 Å². The molecule has 0 saturated carbocycles. The summed E-state index contributed by atoms with van der Waals surface area (Å²) in [7, 11) is 0. The van der Waals surface area contributed by atoms with E-state index in [2.05, 4.69) is 25.0 Å². The van der Waals surface area contributed by atoms with Crippen LogP contribution in [0.2, 0.25) is 10.0 Å². The maximum absolute atomic E-state index is 5.91. The number of nitrogen functional groups attached to an aromatic ring is 1. The van der Waals surface area contributed by atoms with Crippen LogP contribution in [-0.2, 0) is 0 Å². The van der Waals surface area contributed by atoms with Crippen molar-refractivity contribution in [2.75, 3.05) is 5.73 Å². The van der Waals surface area contributed by atoms with Crippen LogP contribution >= 0.6 is 23.2 Å². The number of nitrogens with two attached hydrogens (primary N) is 1. The smallest absolute Gasteiger partial charge is 0.328 e. The monoisotopic (exact) mass is 323 g/mol. The van der Waals surface area contributed by atoms with Gasteiger partial charge in [-0.25, -0.2) is 4.98 Å². The normalized spacial score (nSPS) is 10.6. The predicted octanol–water partition coefficient (Wildman–Crippen LogP) is 2.13. The molecule has 1 aromatic carbocycles. The molecule has 21 heavy (non-hydrogen) atoms. The molecule has 8 nitrogen and oxygen atoms in total. The Kier molecular flexibility index (Phi) is 3.55. The van der Waals surface area contributed by atoms with E-state index in [4.69, 9.17) is 33.7 Å². The average molecular weight is 324 g/mol. The lowest BCUT2D eigenvalue weighted by molar-refractivity contribution is 0.438.